The average Bonchev–Trinajstić information content (AvgIpc) is 2.68. The lowest BCUT2D eigenvalue weighted by Gasteiger charge is -2.34. The van der Waals surface area contributed by atoms with Crippen LogP contribution in [0.5, 0.6) is 0 Å². The summed E-state index contributed by atoms with van der Waals surface area (Å²) in [4.78, 5) is 31.8. The zero-order valence-electron chi connectivity index (χ0n) is 16.2. The molecular weight excluding hydrogens is 336 g/mol. The van der Waals surface area contributed by atoms with Gasteiger partial charge in [-0.3, -0.25) is 9.59 Å². The molecule has 2 saturated heterocycles. The maximum atomic E-state index is 11.9. The minimum absolute atomic E-state index is 0.0392. The highest BCUT2D eigenvalue weighted by molar-refractivity contribution is 5.85. The lowest BCUT2D eigenvalue weighted by molar-refractivity contribution is -0.146. The van der Waals surface area contributed by atoms with Gasteiger partial charge in [-0.2, -0.15) is 0 Å². The Kier molecular flexibility index (Phi) is 8.15. The number of rotatable bonds is 5. The number of hydrogen-bond acceptors (Lipinski definition) is 5. The van der Waals surface area contributed by atoms with Crippen molar-refractivity contribution in [2.24, 2.45) is 10.9 Å². The third kappa shape index (κ3) is 6.16. The number of likely N-dealkylation sites (tertiary alicyclic amines) is 1. The molecule has 26 heavy (non-hydrogen) atoms. The van der Waals surface area contributed by atoms with Crippen LogP contribution < -0.4 is 5.32 Å². The van der Waals surface area contributed by atoms with Crippen molar-refractivity contribution >= 4 is 17.8 Å². The van der Waals surface area contributed by atoms with Crippen molar-refractivity contribution in [1.29, 1.82) is 0 Å². The molecule has 1 N–H and O–H groups in total. The van der Waals surface area contributed by atoms with Gasteiger partial charge < -0.3 is 24.6 Å². The van der Waals surface area contributed by atoms with Gasteiger partial charge in [0.05, 0.1) is 19.1 Å². The number of carbonyl (C=O) groups excluding carboxylic acids is 2. The van der Waals surface area contributed by atoms with E-state index in [1.165, 1.54) is 18.4 Å². The van der Waals surface area contributed by atoms with Gasteiger partial charge in [0.15, 0.2) is 5.96 Å². The van der Waals surface area contributed by atoms with Crippen LogP contribution in [0.1, 0.15) is 32.1 Å². The van der Waals surface area contributed by atoms with Crippen molar-refractivity contribution in [2.45, 2.75) is 38.2 Å². The molecule has 0 spiro atoms. The number of hydrogen-bond donors (Lipinski definition) is 1. The van der Waals surface area contributed by atoms with Gasteiger partial charge in [0, 0.05) is 40.3 Å². The van der Waals surface area contributed by atoms with Crippen LogP contribution in [-0.4, -0.2) is 87.7 Å². The smallest absolute Gasteiger partial charge is 0.308 e. The molecule has 8 heteroatoms. The molecule has 2 heterocycles. The number of carbonyl (C=O) groups is 2. The molecule has 1 amide bonds. The number of likely N-dealkylation sites (N-methyl/N-ethyl adjacent to an activating group) is 1. The van der Waals surface area contributed by atoms with E-state index in [1.807, 2.05) is 0 Å². The molecule has 0 bridgehead atoms. The first kappa shape index (κ1) is 20.5. The van der Waals surface area contributed by atoms with E-state index in [0.717, 1.165) is 38.2 Å². The minimum atomic E-state index is -0.144. The summed E-state index contributed by atoms with van der Waals surface area (Å²) in [6.45, 7) is 3.03. The fourth-order valence-electron chi connectivity index (χ4n) is 3.22. The molecule has 1 unspecified atom stereocenters. The van der Waals surface area contributed by atoms with E-state index >= 15 is 0 Å². The summed E-state index contributed by atoms with van der Waals surface area (Å²) in [5, 5.41) is 3.38. The number of aliphatic imine (C=N–C) groups is 1. The molecule has 0 aliphatic carbocycles. The number of amides is 1. The lowest BCUT2D eigenvalue weighted by Crippen LogP contribution is -2.49. The second-order valence-electron chi connectivity index (χ2n) is 7.08. The summed E-state index contributed by atoms with van der Waals surface area (Å²) in [6, 6.07) is 0. The van der Waals surface area contributed by atoms with Crippen molar-refractivity contribution in [2.75, 3.05) is 54.0 Å². The Morgan fingerprint density at radius 1 is 1.23 bits per heavy atom. The highest BCUT2D eigenvalue weighted by Gasteiger charge is 2.27. The van der Waals surface area contributed by atoms with Crippen LogP contribution in [0.15, 0.2) is 4.99 Å². The molecule has 148 valence electrons. The molecule has 0 aromatic rings. The average molecular weight is 368 g/mol. The predicted molar refractivity (Wildman–Crippen MR) is 98.9 cm³/mol. The molecule has 2 fully saturated rings. The summed E-state index contributed by atoms with van der Waals surface area (Å²) in [7, 11) is 4.88. The molecule has 2 aliphatic heterocycles. The van der Waals surface area contributed by atoms with Crippen molar-refractivity contribution in [3.63, 3.8) is 0 Å². The summed E-state index contributed by atoms with van der Waals surface area (Å²) in [5.74, 6) is 0.484. The van der Waals surface area contributed by atoms with E-state index in [2.05, 4.69) is 15.2 Å². The van der Waals surface area contributed by atoms with Gasteiger partial charge in [-0.1, -0.05) is 0 Å². The molecule has 8 nitrogen and oxygen atoms in total. The highest BCUT2D eigenvalue weighted by atomic mass is 16.5. The number of guanidine groups is 1. The molecule has 2 aliphatic rings. The Labute approximate surface area is 155 Å². The second-order valence-corrected chi connectivity index (χ2v) is 7.08. The first-order valence-corrected chi connectivity index (χ1v) is 9.44. The van der Waals surface area contributed by atoms with Crippen LogP contribution in [0.4, 0.5) is 0 Å². The third-order valence-electron chi connectivity index (χ3n) is 4.95. The summed E-state index contributed by atoms with van der Waals surface area (Å²) in [5.41, 5.74) is 0. The standard InChI is InChI=1S/C18H32N4O4/c1-21(2)16(23)13-20-18(19-12-15-6-4-5-11-26-15)22-9-7-14(8-10-22)17(24)25-3/h14-15H,4-13H2,1-3H3,(H,19,20). The SMILES string of the molecule is COC(=O)C1CCN(C(=NCC(=O)N(C)C)NCC2CCCCO2)CC1. The van der Waals surface area contributed by atoms with Crippen LogP contribution in [0.3, 0.4) is 0 Å². The number of methoxy groups -OCH3 is 1. The monoisotopic (exact) mass is 368 g/mol. The maximum absolute atomic E-state index is 11.9. The molecule has 0 aromatic carbocycles. The van der Waals surface area contributed by atoms with Gasteiger partial charge in [-0.15, -0.1) is 0 Å². The Hall–Kier alpha value is -1.83. The van der Waals surface area contributed by atoms with E-state index in [-0.39, 0.29) is 30.4 Å². The second kappa shape index (κ2) is 10.4. The molecule has 0 aromatic heterocycles. The molecule has 2 rings (SSSR count). The largest absolute Gasteiger partial charge is 0.469 e. The summed E-state index contributed by atoms with van der Waals surface area (Å²) >= 11 is 0. The Morgan fingerprint density at radius 2 is 1.96 bits per heavy atom. The van der Waals surface area contributed by atoms with Gasteiger partial charge in [0.1, 0.15) is 6.54 Å². The minimum Gasteiger partial charge on any atom is -0.469 e. The highest BCUT2D eigenvalue weighted by Crippen LogP contribution is 2.19. The normalized spacial score (nSPS) is 22.0. The maximum Gasteiger partial charge on any atom is 0.308 e. The molecular formula is C18H32N4O4. The van der Waals surface area contributed by atoms with Crippen molar-refractivity contribution in [3.05, 3.63) is 0 Å². The van der Waals surface area contributed by atoms with Gasteiger partial charge in [0.2, 0.25) is 5.91 Å². The van der Waals surface area contributed by atoms with Crippen molar-refractivity contribution in [1.82, 2.24) is 15.1 Å². The number of esters is 1. The van der Waals surface area contributed by atoms with Gasteiger partial charge in [-0.25, -0.2) is 4.99 Å². The Balaban J connectivity index is 1.94. The van der Waals surface area contributed by atoms with Crippen LogP contribution in [0.2, 0.25) is 0 Å². The van der Waals surface area contributed by atoms with E-state index in [9.17, 15) is 9.59 Å². The van der Waals surface area contributed by atoms with Gasteiger partial charge in [0.25, 0.3) is 0 Å². The summed E-state index contributed by atoms with van der Waals surface area (Å²) < 4.78 is 10.6. The number of nitrogens with zero attached hydrogens (tertiary/aromatic N) is 3. The van der Waals surface area contributed by atoms with E-state index in [1.54, 1.807) is 14.1 Å². The number of nitrogens with one attached hydrogen (secondary N) is 1. The van der Waals surface area contributed by atoms with Gasteiger partial charge in [-0.05, 0) is 32.1 Å². The van der Waals surface area contributed by atoms with E-state index < -0.39 is 0 Å². The third-order valence-corrected chi connectivity index (χ3v) is 4.95. The molecule has 0 saturated carbocycles. The fraction of sp³-hybridized carbons (Fsp3) is 0.833. The first-order chi connectivity index (χ1) is 12.5. The quantitative estimate of drug-likeness (QED) is 0.432. The lowest BCUT2D eigenvalue weighted by atomic mass is 9.97. The van der Waals surface area contributed by atoms with E-state index in [0.29, 0.717) is 19.6 Å². The van der Waals surface area contributed by atoms with Crippen LogP contribution >= 0.6 is 0 Å². The fourth-order valence-corrected chi connectivity index (χ4v) is 3.22. The Morgan fingerprint density at radius 3 is 2.54 bits per heavy atom. The number of ether oxygens (including phenoxy) is 2. The van der Waals surface area contributed by atoms with Crippen molar-refractivity contribution in [3.8, 4) is 0 Å². The zero-order chi connectivity index (χ0) is 18.9. The first-order valence-electron chi connectivity index (χ1n) is 9.44. The topological polar surface area (TPSA) is 83.5 Å². The number of piperidine rings is 1. The van der Waals surface area contributed by atoms with Crippen LogP contribution in [0, 0.1) is 5.92 Å². The zero-order valence-corrected chi connectivity index (χ0v) is 16.2. The van der Waals surface area contributed by atoms with Crippen LogP contribution in [0.25, 0.3) is 0 Å². The van der Waals surface area contributed by atoms with Crippen molar-refractivity contribution < 1.29 is 19.1 Å². The van der Waals surface area contributed by atoms with Crippen LogP contribution in [-0.2, 0) is 19.1 Å². The molecule has 1 atom stereocenters. The van der Waals surface area contributed by atoms with E-state index in [4.69, 9.17) is 9.47 Å². The van der Waals surface area contributed by atoms with Gasteiger partial charge >= 0.3 is 5.97 Å². The Bertz CT molecular complexity index is 495. The molecule has 0 radical (unpaired) electrons. The summed E-state index contributed by atoms with van der Waals surface area (Å²) in [6.07, 6.45) is 5.00. The predicted octanol–water partition coefficient (Wildman–Crippen LogP) is 0.474.